The minimum Gasteiger partial charge on any atom is -0.493 e. The minimum atomic E-state index is 0.469. The van der Waals surface area contributed by atoms with Crippen molar-refractivity contribution in [3.8, 4) is 11.5 Å². The van der Waals surface area contributed by atoms with Crippen molar-refractivity contribution in [2.45, 2.75) is 6.92 Å². The number of halogens is 2. The van der Waals surface area contributed by atoms with E-state index in [9.17, 15) is 0 Å². The van der Waals surface area contributed by atoms with Gasteiger partial charge in [0.1, 0.15) is 0 Å². The first-order valence-corrected chi connectivity index (χ1v) is 4.44. The molecule has 0 aliphatic heterocycles. The maximum Gasteiger partial charge on any atom is 0.165 e. The lowest BCUT2D eigenvalue weighted by Crippen LogP contribution is -1.94. The van der Waals surface area contributed by atoms with E-state index in [1.807, 2.05) is 6.92 Å². The van der Waals surface area contributed by atoms with Crippen LogP contribution < -0.4 is 9.47 Å². The van der Waals surface area contributed by atoms with Gasteiger partial charge in [-0.2, -0.15) is 0 Å². The Labute approximate surface area is 87.4 Å². The van der Waals surface area contributed by atoms with E-state index < -0.39 is 0 Å². The third-order valence-corrected chi connectivity index (χ3v) is 2.67. The van der Waals surface area contributed by atoms with Gasteiger partial charge in [-0.1, -0.05) is 23.2 Å². The van der Waals surface area contributed by atoms with E-state index in [2.05, 4.69) is 0 Å². The second-order valence-corrected chi connectivity index (χ2v) is 3.32. The van der Waals surface area contributed by atoms with Gasteiger partial charge in [-0.05, 0) is 6.92 Å². The molecule has 1 rings (SSSR count). The first-order chi connectivity index (χ1) is 6.11. The Morgan fingerprint density at radius 1 is 1.15 bits per heavy atom. The van der Waals surface area contributed by atoms with Gasteiger partial charge in [-0.15, -0.1) is 0 Å². The number of ether oxygens (including phenoxy) is 2. The van der Waals surface area contributed by atoms with E-state index in [4.69, 9.17) is 32.7 Å². The molecule has 0 unspecified atom stereocenters. The Kier molecular flexibility index (Phi) is 3.28. The molecule has 1 aromatic rings. The molecule has 0 fully saturated rings. The Morgan fingerprint density at radius 3 is 2.23 bits per heavy atom. The van der Waals surface area contributed by atoms with Gasteiger partial charge < -0.3 is 9.47 Å². The van der Waals surface area contributed by atoms with Gasteiger partial charge in [0.15, 0.2) is 11.5 Å². The summed E-state index contributed by atoms with van der Waals surface area (Å²) in [5, 5.41) is 0.969. The minimum absolute atomic E-state index is 0.469. The average molecular weight is 221 g/mol. The highest BCUT2D eigenvalue weighted by atomic mass is 35.5. The molecule has 0 bridgehead atoms. The van der Waals surface area contributed by atoms with Crippen LogP contribution in [-0.2, 0) is 0 Å². The Morgan fingerprint density at radius 2 is 1.77 bits per heavy atom. The van der Waals surface area contributed by atoms with Crippen LogP contribution in [0.2, 0.25) is 10.0 Å². The second kappa shape index (κ2) is 4.07. The standard InChI is InChI=1S/C9H10Cl2O2/c1-5-8(11)6(10)4-7(12-2)9(5)13-3/h4H,1-3H3. The molecule has 0 saturated heterocycles. The lowest BCUT2D eigenvalue weighted by molar-refractivity contribution is 0.353. The maximum atomic E-state index is 5.92. The summed E-state index contributed by atoms with van der Waals surface area (Å²) in [5.41, 5.74) is 0.786. The fourth-order valence-corrected chi connectivity index (χ4v) is 1.49. The molecule has 0 atom stereocenters. The Bertz CT molecular complexity index is 324. The molecule has 0 saturated carbocycles. The lowest BCUT2D eigenvalue weighted by Gasteiger charge is -2.12. The molecule has 0 aromatic heterocycles. The van der Waals surface area contributed by atoms with Gasteiger partial charge in [0.2, 0.25) is 0 Å². The summed E-state index contributed by atoms with van der Waals surface area (Å²) in [6, 6.07) is 1.63. The van der Waals surface area contributed by atoms with Crippen LogP contribution in [-0.4, -0.2) is 14.2 Å². The molecule has 0 N–H and O–H groups in total. The predicted molar refractivity (Wildman–Crippen MR) is 54.3 cm³/mol. The van der Waals surface area contributed by atoms with Crippen LogP contribution in [0.4, 0.5) is 0 Å². The van der Waals surface area contributed by atoms with Crippen LogP contribution in [0, 0.1) is 6.92 Å². The van der Waals surface area contributed by atoms with Crippen molar-refractivity contribution < 1.29 is 9.47 Å². The fourth-order valence-electron chi connectivity index (χ4n) is 1.11. The topological polar surface area (TPSA) is 18.5 Å². The smallest absolute Gasteiger partial charge is 0.165 e. The molecule has 1 aromatic carbocycles. The summed E-state index contributed by atoms with van der Waals surface area (Å²) < 4.78 is 10.2. The Balaban J connectivity index is 3.39. The van der Waals surface area contributed by atoms with Crippen LogP contribution in [0.5, 0.6) is 11.5 Å². The van der Waals surface area contributed by atoms with E-state index in [0.717, 1.165) is 5.56 Å². The van der Waals surface area contributed by atoms with Gasteiger partial charge in [0.25, 0.3) is 0 Å². The maximum absolute atomic E-state index is 5.92. The first-order valence-electron chi connectivity index (χ1n) is 3.68. The van der Waals surface area contributed by atoms with Crippen molar-refractivity contribution in [3.05, 3.63) is 21.7 Å². The molecule has 0 heterocycles. The molecular weight excluding hydrogens is 211 g/mol. The van der Waals surface area contributed by atoms with E-state index >= 15 is 0 Å². The molecule has 72 valence electrons. The van der Waals surface area contributed by atoms with Crippen LogP contribution in [0.15, 0.2) is 6.07 Å². The fraction of sp³-hybridized carbons (Fsp3) is 0.333. The van der Waals surface area contributed by atoms with Gasteiger partial charge in [0, 0.05) is 11.6 Å². The van der Waals surface area contributed by atoms with Gasteiger partial charge in [-0.3, -0.25) is 0 Å². The Hall–Kier alpha value is -0.600. The van der Waals surface area contributed by atoms with Gasteiger partial charge >= 0.3 is 0 Å². The summed E-state index contributed by atoms with van der Waals surface area (Å²) in [6.07, 6.45) is 0. The molecule has 0 aliphatic rings. The number of methoxy groups -OCH3 is 2. The number of rotatable bonds is 2. The van der Waals surface area contributed by atoms with Crippen LogP contribution in [0.1, 0.15) is 5.56 Å². The van der Waals surface area contributed by atoms with E-state index in [1.54, 1.807) is 20.3 Å². The van der Waals surface area contributed by atoms with Crippen LogP contribution in [0.25, 0.3) is 0 Å². The van der Waals surface area contributed by atoms with Gasteiger partial charge in [0.05, 0.1) is 24.3 Å². The largest absolute Gasteiger partial charge is 0.493 e. The van der Waals surface area contributed by atoms with Crippen molar-refractivity contribution >= 4 is 23.2 Å². The molecule has 0 radical (unpaired) electrons. The molecule has 4 heteroatoms. The molecule has 0 amide bonds. The SMILES string of the molecule is COc1cc(Cl)c(Cl)c(C)c1OC. The normalized spacial score (nSPS) is 9.92. The molecule has 13 heavy (non-hydrogen) atoms. The highest BCUT2D eigenvalue weighted by Crippen LogP contribution is 2.39. The quantitative estimate of drug-likeness (QED) is 0.762. The highest BCUT2D eigenvalue weighted by molar-refractivity contribution is 6.42. The lowest BCUT2D eigenvalue weighted by atomic mass is 10.2. The van der Waals surface area contributed by atoms with E-state index in [1.165, 1.54) is 0 Å². The molecule has 2 nitrogen and oxygen atoms in total. The highest BCUT2D eigenvalue weighted by Gasteiger charge is 2.13. The van der Waals surface area contributed by atoms with Crippen molar-refractivity contribution in [1.82, 2.24) is 0 Å². The first kappa shape index (κ1) is 10.5. The molecular formula is C9H10Cl2O2. The summed E-state index contributed by atoms with van der Waals surface area (Å²) in [5.74, 6) is 1.21. The summed E-state index contributed by atoms with van der Waals surface area (Å²) in [7, 11) is 3.12. The summed E-state index contributed by atoms with van der Waals surface area (Å²) in [6.45, 7) is 1.83. The van der Waals surface area contributed by atoms with Gasteiger partial charge in [-0.25, -0.2) is 0 Å². The zero-order chi connectivity index (χ0) is 10.0. The van der Waals surface area contributed by atoms with Crippen molar-refractivity contribution in [3.63, 3.8) is 0 Å². The van der Waals surface area contributed by atoms with E-state index in [0.29, 0.717) is 21.5 Å². The zero-order valence-electron chi connectivity index (χ0n) is 7.65. The number of hydrogen-bond donors (Lipinski definition) is 0. The summed E-state index contributed by atoms with van der Waals surface area (Å²) >= 11 is 11.8. The summed E-state index contributed by atoms with van der Waals surface area (Å²) in [4.78, 5) is 0. The zero-order valence-corrected chi connectivity index (χ0v) is 9.16. The van der Waals surface area contributed by atoms with E-state index in [-0.39, 0.29) is 0 Å². The second-order valence-electron chi connectivity index (χ2n) is 2.53. The molecule has 0 spiro atoms. The van der Waals surface area contributed by atoms with Crippen molar-refractivity contribution in [1.29, 1.82) is 0 Å². The third-order valence-electron chi connectivity index (χ3n) is 1.79. The molecule has 0 aliphatic carbocycles. The number of hydrogen-bond acceptors (Lipinski definition) is 2. The van der Waals surface area contributed by atoms with Crippen LogP contribution in [0.3, 0.4) is 0 Å². The monoisotopic (exact) mass is 220 g/mol. The van der Waals surface area contributed by atoms with Crippen LogP contribution >= 0.6 is 23.2 Å². The van der Waals surface area contributed by atoms with Crippen molar-refractivity contribution in [2.75, 3.05) is 14.2 Å². The van der Waals surface area contributed by atoms with Crippen molar-refractivity contribution in [2.24, 2.45) is 0 Å². The predicted octanol–water partition coefficient (Wildman–Crippen LogP) is 3.32. The number of benzene rings is 1. The average Bonchev–Trinajstić information content (AvgIpc) is 2.13. The third kappa shape index (κ3) is 1.84.